The molecule has 0 saturated carbocycles. The number of halogens is 1. The smallest absolute Gasteiger partial charge is 0.329 e. The summed E-state index contributed by atoms with van der Waals surface area (Å²) >= 11 is 0. The highest BCUT2D eigenvalue weighted by Crippen LogP contribution is 2.36. The molecule has 0 bridgehead atoms. The van der Waals surface area contributed by atoms with Crippen molar-refractivity contribution in [2.24, 2.45) is 5.10 Å². The molecule has 0 radical (unpaired) electrons. The molecule has 2 N–H and O–H groups in total. The topological polar surface area (TPSA) is 92.9 Å². The Kier molecular flexibility index (Phi) is 5.13. The Bertz CT molecular complexity index is 1300. The molecule has 7 nitrogen and oxygen atoms in total. The van der Waals surface area contributed by atoms with Crippen LogP contribution in [0.3, 0.4) is 0 Å². The van der Waals surface area contributed by atoms with Crippen molar-refractivity contribution in [3.05, 3.63) is 72.0 Å². The first-order valence-electron chi connectivity index (χ1n) is 8.95. The van der Waals surface area contributed by atoms with Crippen LogP contribution in [-0.2, 0) is 9.59 Å². The summed E-state index contributed by atoms with van der Waals surface area (Å²) in [5, 5.41) is 7.81. The van der Waals surface area contributed by atoms with Gasteiger partial charge in [-0.15, -0.1) is 0 Å². The summed E-state index contributed by atoms with van der Waals surface area (Å²) in [5.41, 5.74) is 3.73. The maximum absolute atomic E-state index is 13.5. The quantitative estimate of drug-likeness (QED) is 0.307. The van der Waals surface area contributed by atoms with E-state index in [1.54, 1.807) is 18.2 Å². The number of rotatable bonds is 4. The molecule has 0 aliphatic rings. The lowest BCUT2D eigenvalue weighted by Crippen LogP contribution is -2.32. The maximum atomic E-state index is 13.5. The van der Waals surface area contributed by atoms with E-state index in [2.05, 4.69) is 15.8 Å². The monoisotopic (exact) mass is 405 g/mol. The van der Waals surface area contributed by atoms with Gasteiger partial charge in [-0.25, -0.2) is 9.82 Å². The molecule has 4 rings (SSSR count). The van der Waals surface area contributed by atoms with Crippen LogP contribution in [0, 0.1) is 5.82 Å². The second kappa shape index (κ2) is 8.04. The minimum absolute atomic E-state index is 0.176. The Morgan fingerprint density at radius 2 is 1.77 bits per heavy atom. The number of anilines is 1. The van der Waals surface area contributed by atoms with Gasteiger partial charge in [-0.3, -0.25) is 9.59 Å². The van der Waals surface area contributed by atoms with E-state index in [4.69, 9.17) is 9.15 Å². The Balaban J connectivity index is 1.52. The van der Waals surface area contributed by atoms with Crippen molar-refractivity contribution in [3.8, 4) is 5.75 Å². The van der Waals surface area contributed by atoms with Crippen LogP contribution in [0.2, 0.25) is 0 Å². The van der Waals surface area contributed by atoms with Gasteiger partial charge in [0.1, 0.15) is 22.7 Å². The van der Waals surface area contributed by atoms with E-state index in [0.717, 1.165) is 17.0 Å². The molecule has 150 valence electrons. The SMILES string of the molecule is COc1cc2c(cc1NC(=O)C(=O)N/N=C/c1ccccc1F)oc1ccccc12. The molecule has 0 spiro atoms. The average molecular weight is 405 g/mol. The first kappa shape index (κ1) is 19.1. The third-order valence-corrected chi connectivity index (χ3v) is 4.43. The summed E-state index contributed by atoms with van der Waals surface area (Å²) in [7, 11) is 1.46. The third-order valence-electron chi connectivity index (χ3n) is 4.43. The molecule has 3 aromatic carbocycles. The van der Waals surface area contributed by atoms with Crippen molar-refractivity contribution in [3.63, 3.8) is 0 Å². The molecule has 8 heteroatoms. The Morgan fingerprint density at radius 3 is 2.57 bits per heavy atom. The maximum Gasteiger partial charge on any atom is 0.329 e. The van der Waals surface area contributed by atoms with Crippen LogP contribution in [0.25, 0.3) is 21.9 Å². The zero-order chi connectivity index (χ0) is 21.1. The van der Waals surface area contributed by atoms with Crippen molar-refractivity contribution in [2.45, 2.75) is 0 Å². The van der Waals surface area contributed by atoms with Crippen molar-refractivity contribution in [2.75, 3.05) is 12.4 Å². The summed E-state index contributed by atoms with van der Waals surface area (Å²) in [6, 6.07) is 16.7. The third kappa shape index (κ3) is 3.70. The number of nitrogens with one attached hydrogen (secondary N) is 2. The molecule has 0 aliphatic carbocycles. The van der Waals surface area contributed by atoms with Crippen LogP contribution in [0.5, 0.6) is 5.75 Å². The first-order chi connectivity index (χ1) is 14.6. The number of hydrogen-bond acceptors (Lipinski definition) is 5. The zero-order valence-electron chi connectivity index (χ0n) is 15.8. The summed E-state index contributed by atoms with van der Waals surface area (Å²) < 4.78 is 24.7. The number of carbonyl (C=O) groups excluding carboxylic acids is 2. The number of hydrogen-bond donors (Lipinski definition) is 2. The highest BCUT2D eigenvalue weighted by Gasteiger charge is 2.18. The average Bonchev–Trinajstić information content (AvgIpc) is 3.11. The molecule has 0 saturated heterocycles. The lowest BCUT2D eigenvalue weighted by Gasteiger charge is -2.09. The molecule has 0 unspecified atom stereocenters. The second-order valence-electron chi connectivity index (χ2n) is 6.32. The molecule has 1 aromatic heterocycles. The molecule has 0 aliphatic heterocycles. The lowest BCUT2D eigenvalue weighted by atomic mass is 10.1. The second-order valence-corrected chi connectivity index (χ2v) is 6.32. The number of benzene rings is 3. The zero-order valence-corrected chi connectivity index (χ0v) is 15.8. The van der Waals surface area contributed by atoms with Crippen molar-refractivity contribution in [1.29, 1.82) is 0 Å². The van der Waals surface area contributed by atoms with Gasteiger partial charge in [-0.1, -0.05) is 36.4 Å². The van der Waals surface area contributed by atoms with Crippen molar-refractivity contribution in [1.82, 2.24) is 5.43 Å². The van der Waals surface area contributed by atoms with Gasteiger partial charge in [0.05, 0.1) is 19.0 Å². The van der Waals surface area contributed by atoms with Crippen LogP contribution < -0.4 is 15.5 Å². The van der Waals surface area contributed by atoms with E-state index in [9.17, 15) is 14.0 Å². The van der Waals surface area contributed by atoms with Gasteiger partial charge in [0.15, 0.2) is 0 Å². The van der Waals surface area contributed by atoms with Gasteiger partial charge in [-0.2, -0.15) is 5.10 Å². The Hall–Kier alpha value is -4.20. The molecular weight excluding hydrogens is 389 g/mol. The molecule has 0 fully saturated rings. The van der Waals surface area contributed by atoms with Gasteiger partial charge < -0.3 is 14.5 Å². The standard InChI is InChI=1S/C22H16FN3O4/c1-29-20-10-15-14-7-3-5-9-18(14)30-19(15)11-17(20)25-21(27)22(28)26-24-12-13-6-2-4-8-16(13)23/h2-12H,1H3,(H,25,27)(H,26,28)/b24-12+. The number of carbonyl (C=O) groups is 2. The molecule has 4 aromatic rings. The number of nitrogens with zero attached hydrogens (tertiary/aromatic N) is 1. The molecular formula is C22H16FN3O4. The van der Waals surface area contributed by atoms with Crippen molar-refractivity contribution < 1.29 is 23.1 Å². The summed E-state index contributed by atoms with van der Waals surface area (Å²) in [4.78, 5) is 24.3. The van der Waals surface area contributed by atoms with Crippen LogP contribution in [-0.4, -0.2) is 25.1 Å². The van der Waals surface area contributed by atoms with Gasteiger partial charge in [0.25, 0.3) is 0 Å². The lowest BCUT2D eigenvalue weighted by molar-refractivity contribution is -0.136. The Labute approximate surface area is 170 Å². The van der Waals surface area contributed by atoms with E-state index >= 15 is 0 Å². The highest BCUT2D eigenvalue weighted by atomic mass is 19.1. The van der Waals surface area contributed by atoms with Gasteiger partial charge >= 0.3 is 11.8 Å². The number of para-hydroxylation sites is 1. The van der Waals surface area contributed by atoms with Gasteiger partial charge in [-0.05, 0) is 18.2 Å². The number of hydrazone groups is 1. The number of furan rings is 1. The number of methoxy groups -OCH3 is 1. The van der Waals surface area contributed by atoms with Gasteiger partial charge in [0.2, 0.25) is 0 Å². The van der Waals surface area contributed by atoms with Crippen LogP contribution in [0.15, 0.2) is 70.2 Å². The van der Waals surface area contributed by atoms with E-state index in [-0.39, 0.29) is 11.3 Å². The van der Waals surface area contributed by atoms with Crippen LogP contribution in [0.4, 0.5) is 10.1 Å². The first-order valence-corrected chi connectivity index (χ1v) is 8.95. The fourth-order valence-electron chi connectivity index (χ4n) is 2.99. The largest absolute Gasteiger partial charge is 0.495 e. The molecule has 2 amide bonds. The molecule has 1 heterocycles. The van der Waals surface area contributed by atoms with Crippen LogP contribution in [0.1, 0.15) is 5.56 Å². The van der Waals surface area contributed by atoms with E-state index in [1.165, 1.54) is 25.3 Å². The predicted molar refractivity (Wildman–Crippen MR) is 111 cm³/mol. The fourth-order valence-corrected chi connectivity index (χ4v) is 2.99. The summed E-state index contributed by atoms with van der Waals surface area (Å²) in [6.07, 6.45) is 1.11. The predicted octanol–water partition coefficient (Wildman–Crippen LogP) is 3.82. The molecule has 0 atom stereocenters. The minimum atomic E-state index is -1.02. The minimum Gasteiger partial charge on any atom is -0.495 e. The number of ether oxygens (including phenoxy) is 1. The van der Waals surface area contributed by atoms with E-state index < -0.39 is 17.6 Å². The number of amides is 2. The van der Waals surface area contributed by atoms with Gasteiger partial charge in [0, 0.05) is 22.4 Å². The molecule has 30 heavy (non-hydrogen) atoms. The van der Waals surface area contributed by atoms with E-state index in [0.29, 0.717) is 16.9 Å². The van der Waals surface area contributed by atoms with E-state index in [1.807, 2.05) is 24.3 Å². The van der Waals surface area contributed by atoms with Crippen molar-refractivity contribution >= 4 is 45.7 Å². The fraction of sp³-hybridized carbons (Fsp3) is 0.0455. The normalized spacial score (nSPS) is 11.1. The summed E-state index contributed by atoms with van der Waals surface area (Å²) in [6.45, 7) is 0. The number of fused-ring (bicyclic) bond motifs is 3. The van der Waals surface area contributed by atoms with Crippen LogP contribution >= 0.6 is 0 Å². The summed E-state index contributed by atoms with van der Waals surface area (Å²) in [5.74, 6) is -2.11. The Morgan fingerprint density at radius 1 is 1.00 bits per heavy atom. The highest BCUT2D eigenvalue weighted by molar-refractivity contribution is 6.39.